The quantitative estimate of drug-likeness (QED) is 0.169. The molecule has 0 bridgehead atoms. The van der Waals surface area contributed by atoms with Crippen molar-refractivity contribution >= 4 is 29.8 Å². The average Bonchev–Trinajstić information content (AvgIpc) is 3.30. The minimum atomic E-state index is -0.804. The first-order valence-electron chi connectivity index (χ1n) is 17.0. The Morgan fingerprint density at radius 2 is 1.73 bits per heavy atom. The van der Waals surface area contributed by atoms with Gasteiger partial charge in [0.2, 0.25) is 5.95 Å². The highest BCUT2D eigenvalue weighted by Gasteiger charge is 2.43. The van der Waals surface area contributed by atoms with Gasteiger partial charge in [-0.05, 0) is 107 Å². The summed E-state index contributed by atoms with van der Waals surface area (Å²) >= 11 is 1.01. The van der Waals surface area contributed by atoms with Crippen LogP contribution in [-0.4, -0.2) is 49.5 Å². The Morgan fingerprint density at radius 1 is 1.02 bits per heavy atom. The van der Waals surface area contributed by atoms with Crippen LogP contribution < -0.4 is 10.0 Å². The molecule has 4 heterocycles. The minimum Gasteiger partial charge on any atom is -0.444 e. The van der Waals surface area contributed by atoms with E-state index in [9.17, 15) is 14.0 Å². The Kier molecular flexibility index (Phi) is 11.4. The Morgan fingerprint density at radius 3 is 2.37 bits per heavy atom. The lowest BCUT2D eigenvalue weighted by Gasteiger charge is -2.33. The normalized spacial score (nSPS) is 17.1. The van der Waals surface area contributed by atoms with Crippen molar-refractivity contribution in [3.63, 3.8) is 0 Å². The van der Waals surface area contributed by atoms with Gasteiger partial charge in [-0.15, -0.1) is 0 Å². The van der Waals surface area contributed by atoms with E-state index in [0.717, 1.165) is 36.9 Å². The molecule has 4 rings (SSSR count). The number of hydrogen-bond donors (Lipinski definition) is 2. The highest BCUT2D eigenvalue weighted by atomic mass is 32.2. The average molecular weight is 693 g/mol. The van der Waals surface area contributed by atoms with Crippen LogP contribution in [0.3, 0.4) is 0 Å². The largest absolute Gasteiger partial charge is 0.444 e. The van der Waals surface area contributed by atoms with Crippen molar-refractivity contribution in [1.29, 1.82) is 0 Å². The zero-order valence-corrected chi connectivity index (χ0v) is 31.7. The molecule has 2 atom stereocenters. The topological polar surface area (TPSA) is 109 Å². The number of carbonyl (C=O) groups is 2. The molecule has 1 aliphatic rings. The molecule has 0 radical (unpaired) electrons. The molecule has 1 unspecified atom stereocenters. The van der Waals surface area contributed by atoms with E-state index < -0.39 is 17.5 Å². The maximum absolute atomic E-state index is 14.7. The Balaban J connectivity index is 1.49. The lowest BCUT2D eigenvalue weighted by Crippen LogP contribution is -2.45. The van der Waals surface area contributed by atoms with E-state index in [4.69, 9.17) is 14.7 Å². The van der Waals surface area contributed by atoms with Crippen molar-refractivity contribution in [3.05, 3.63) is 77.1 Å². The number of anilines is 1. The molecule has 2 N–H and O–H groups in total. The van der Waals surface area contributed by atoms with Crippen molar-refractivity contribution < 1.29 is 18.7 Å². The van der Waals surface area contributed by atoms with Crippen molar-refractivity contribution in [3.8, 4) is 0 Å². The maximum Gasteiger partial charge on any atom is 0.410 e. The van der Waals surface area contributed by atoms with Crippen LogP contribution >= 0.6 is 11.9 Å². The summed E-state index contributed by atoms with van der Waals surface area (Å²) in [6, 6.07) is 12.7. The van der Waals surface area contributed by atoms with Gasteiger partial charge >= 0.3 is 6.09 Å². The van der Waals surface area contributed by atoms with Crippen LogP contribution in [0.15, 0.2) is 53.7 Å². The van der Waals surface area contributed by atoms with Crippen LogP contribution in [0, 0.1) is 11.9 Å². The lowest BCUT2D eigenvalue weighted by atomic mass is 9.86. The summed E-state index contributed by atoms with van der Waals surface area (Å²) in [5.74, 6) is -0.482. The Bertz CT molecular complexity index is 1640. The van der Waals surface area contributed by atoms with Gasteiger partial charge in [-0.2, -0.15) is 4.39 Å². The Hall–Kier alpha value is -3.73. The van der Waals surface area contributed by atoms with Crippen molar-refractivity contribution in [2.24, 2.45) is 5.92 Å². The number of ether oxygens (including phenoxy) is 1. The fourth-order valence-corrected chi connectivity index (χ4v) is 6.52. The third-order valence-corrected chi connectivity index (χ3v) is 9.32. The van der Waals surface area contributed by atoms with Gasteiger partial charge in [-0.25, -0.2) is 14.8 Å². The molecule has 3 aromatic rings. The van der Waals surface area contributed by atoms with Crippen LogP contribution in [0.25, 0.3) is 0 Å². The second-order valence-electron chi connectivity index (χ2n) is 16.6. The summed E-state index contributed by atoms with van der Waals surface area (Å²) in [6.45, 7) is 22.8. The molecule has 0 spiro atoms. The summed E-state index contributed by atoms with van der Waals surface area (Å²) in [5.41, 5.74) is 1.27. The number of nitrogens with one attached hydrogen (secondary N) is 2. The second-order valence-corrected chi connectivity index (χ2v) is 17.5. The standard InChI is InChI=1S/C38H53FN6O3S/c1-35(2,3)25-19-20-40-28(21-25)27(17-15-24-22-38(10,11)45(23-24)34(47)48-37(7,8)9)41-30-13-12-14-31(43-30)49-44-33(46)26-16-18-29(36(4,5)6)42-32(26)39/h12-14,16,18-21,24,27H,15,17,22-23H2,1-11H3,(H,41,43)(H,44,46)/t24-,27?/m0/s1. The van der Waals surface area contributed by atoms with E-state index in [1.54, 1.807) is 12.1 Å². The van der Waals surface area contributed by atoms with Crippen LogP contribution in [0.5, 0.6) is 0 Å². The summed E-state index contributed by atoms with van der Waals surface area (Å²) in [5, 5.41) is 4.14. The van der Waals surface area contributed by atoms with Gasteiger partial charge in [0.25, 0.3) is 5.91 Å². The zero-order valence-electron chi connectivity index (χ0n) is 30.9. The van der Waals surface area contributed by atoms with E-state index in [0.29, 0.717) is 23.1 Å². The predicted molar refractivity (Wildman–Crippen MR) is 194 cm³/mol. The maximum atomic E-state index is 14.7. The molecule has 1 saturated heterocycles. The highest BCUT2D eigenvalue weighted by Crippen LogP contribution is 2.38. The second kappa shape index (κ2) is 14.6. The number of amides is 2. The molecule has 0 aromatic carbocycles. The molecule has 49 heavy (non-hydrogen) atoms. The van der Waals surface area contributed by atoms with Crippen LogP contribution in [0.4, 0.5) is 15.0 Å². The molecule has 266 valence electrons. The molecule has 0 saturated carbocycles. The molecule has 9 nitrogen and oxygen atoms in total. The van der Waals surface area contributed by atoms with Gasteiger partial charge in [0.05, 0.1) is 17.3 Å². The minimum absolute atomic E-state index is 0.0549. The number of halogens is 1. The smallest absolute Gasteiger partial charge is 0.410 e. The predicted octanol–water partition coefficient (Wildman–Crippen LogP) is 9.01. The summed E-state index contributed by atoms with van der Waals surface area (Å²) in [4.78, 5) is 41.3. The first-order valence-corrected chi connectivity index (χ1v) is 17.8. The summed E-state index contributed by atoms with van der Waals surface area (Å²) < 4.78 is 23.2. The van der Waals surface area contributed by atoms with Crippen LogP contribution in [0.2, 0.25) is 0 Å². The molecule has 1 aliphatic heterocycles. The molecular formula is C38H53FN6O3S. The Labute approximate surface area is 295 Å². The number of pyridine rings is 3. The van der Waals surface area contributed by atoms with E-state index in [1.165, 1.54) is 11.6 Å². The summed E-state index contributed by atoms with van der Waals surface area (Å²) in [6.07, 6.45) is 4.06. The van der Waals surface area contributed by atoms with Gasteiger partial charge in [0.15, 0.2) is 0 Å². The number of nitrogens with zero attached hydrogens (tertiary/aromatic N) is 4. The lowest BCUT2D eigenvalue weighted by molar-refractivity contribution is 0.0130. The number of aromatic nitrogens is 3. The van der Waals surface area contributed by atoms with Crippen molar-refractivity contribution in [1.82, 2.24) is 24.6 Å². The van der Waals surface area contributed by atoms with Gasteiger partial charge in [-0.3, -0.25) is 14.5 Å². The summed E-state index contributed by atoms with van der Waals surface area (Å²) in [7, 11) is 0. The van der Waals surface area contributed by atoms with Gasteiger partial charge in [0.1, 0.15) is 16.4 Å². The number of carbonyl (C=O) groups excluding carboxylic acids is 2. The first-order chi connectivity index (χ1) is 22.6. The monoisotopic (exact) mass is 692 g/mol. The first kappa shape index (κ1) is 38.1. The SMILES string of the molecule is CC(C)(C)OC(=O)N1C[C@@H](CCC(Nc2cccc(SNC(=O)c3ccc(C(C)(C)C)nc3F)n2)c2cc(C(C)(C)C)ccn2)CC1(C)C. The highest BCUT2D eigenvalue weighted by molar-refractivity contribution is 7.97. The van der Waals surface area contributed by atoms with Crippen LogP contribution in [-0.2, 0) is 15.6 Å². The van der Waals surface area contributed by atoms with Crippen LogP contribution in [0.1, 0.15) is 129 Å². The molecule has 2 amide bonds. The fourth-order valence-electron chi connectivity index (χ4n) is 5.93. The van der Waals surface area contributed by atoms with Gasteiger partial charge < -0.3 is 15.0 Å². The molecule has 0 aliphatic carbocycles. The third kappa shape index (κ3) is 10.4. The molecule has 3 aromatic heterocycles. The number of hydrogen-bond acceptors (Lipinski definition) is 8. The molecule has 1 fully saturated rings. The van der Waals surface area contributed by atoms with Crippen molar-refractivity contribution in [2.45, 2.75) is 128 Å². The van der Waals surface area contributed by atoms with Gasteiger partial charge in [0, 0.05) is 41.3 Å². The van der Waals surface area contributed by atoms with E-state index in [1.807, 2.05) is 70.8 Å². The fraction of sp³-hybridized carbons (Fsp3) is 0.553. The van der Waals surface area contributed by atoms with E-state index in [2.05, 4.69) is 55.7 Å². The van der Waals surface area contributed by atoms with E-state index in [-0.39, 0.29) is 40.0 Å². The third-order valence-electron chi connectivity index (χ3n) is 8.60. The molecule has 11 heteroatoms. The number of rotatable bonds is 9. The molecular weight excluding hydrogens is 640 g/mol. The zero-order chi connectivity index (χ0) is 36.4. The van der Waals surface area contributed by atoms with E-state index >= 15 is 0 Å². The van der Waals surface area contributed by atoms with Crippen molar-refractivity contribution in [2.75, 3.05) is 11.9 Å². The van der Waals surface area contributed by atoms with Gasteiger partial charge in [-0.1, -0.05) is 47.6 Å². The number of likely N-dealkylation sites (tertiary alicyclic amines) is 1.